The van der Waals surface area contributed by atoms with Gasteiger partial charge in [-0.05, 0) is 29.7 Å². The molecule has 0 unspecified atom stereocenters. The first kappa shape index (κ1) is 10.8. The van der Waals surface area contributed by atoms with Crippen molar-refractivity contribution in [3.63, 3.8) is 0 Å². The molecule has 2 aromatic rings. The number of piperidine rings is 1. The number of benzene rings is 2. The molecule has 172 valence electrons. The molecule has 1 atom stereocenters. The fourth-order valence-electron chi connectivity index (χ4n) is 3.46. The average molecular weight is 464 g/mol. The summed E-state index contributed by atoms with van der Waals surface area (Å²) in [6.07, 6.45) is -0.267. The molecule has 3 aliphatic heterocycles. The number of nitrogens with one attached hydrogen (secondary N) is 1. The minimum absolute atomic E-state index is 0.132. The number of fused-ring (bicyclic) bond motifs is 1. The highest BCUT2D eigenvalue weighted by Gasteiger charge is 2.40. The fraction of sp³-hybridized carbons (Fsp3) is 0.400. The lowest BCUT2D eigenvalue weighted by molar-refractivity contribution is -0.136. The maximum absolute atomic E-state index is 13.3. The summed E-state index contributed by atoms with van der Waals surface area (Å²) in [7, 11) is 0. The van der Waals surface area contributed by atoms with E-state index in [0.29, 0.717) is 4.90 Å². The topological polar surface area (TPSA) is 88.2 Å². The van der Waals surface area contributed by atoms with Crippen LogP contribution in [0.2, 0.25) is 0 Å². The number of amides is 3. The Bertz CT molecular complexity index is 1620. The van der Waals surface area contributed by atoms with Crippen LogP contribution in [0.5, 0.6) is 5.75 Å². The van der Waals surface area contributed by atoms with Crippen LogP contribution in [-0.2, 0) is 33.9 Å². The third-order valence-electron chi connectivity index (χ3n) is 5.05. The van der Waals surface area contributed by atoms with Crippen molar-refractivity contribution in [2.24, 2.45) is 0 Å². The summed E-state index contributed by atoms with van der Waals surface area (Å²) in [5, 5.41) is 2.07. The Morgan fingerprint density at radius 3 is 2.61 bits per heavy atom. The first-order valence-electron chi connectivity index (χ1n) is 16.9. The summed E-state index contributed by atoms with van der Waals surface area (Å²) in [4.78, 5) is 37.8. The van der Waals surface area contributed by atoms with Crippen molar-refractivity contribution in [2.75, 3.05) is 26.1 Å². The van der Waals surface area contributed by atoms with E-state index in [-0.39, 0.29) is 34.4 Å². The van der Waals surface area contributed by atoms with Crippen LogP contribution in [-0.4, -0.2) is 59.7 Å². The summed E-state index contributed by atoms with van der Waals surface area (Å²) in [5.41, 5.74) is -1.38. The molecular weight excluding hydrogens is 422 g/mol. The number of hydrogen-bond donors (Lipinski definition) is 1. The number of carbonyl (C=O) groups excluding carboxylic acids is 3. The highest BCUT2D eigenvalue weighted by molar-refractivity contribution is 6.05. The van der Waals surface area contributed by atoms with Gasteiger partial charge in [0.1, 0.15) is 18.4 Å². The number of rotatable bonds is 6. The molecule has 8 heteroatoms. The summed E-state index contributed by atoms with van der Waals surface area (Å²) < 4.78 is 126. The van der Waals surface area contributed by atoms with Gasteiger partial charge in [0.25, 0.3) is 5.91 Å². The molecule has 33 heavy (non-hydrogen) atoms. The summed E-state index contributed by atoms with van der Waals surface area (Å²) >= 11 is 0. The molecule has 0 aliphatic carbocycles. The molecule has 3 aliphatic rings. The molecule has 0 aromatic heterocycles. The molecule has 8 nitrogen and oxygen atoms in total. The first-order valence-corrected chi connectivity index (χ1v) is 9.92. The number of imide groups is 1. The van der Waals surface area contributed by atoms with Gasteiger partial charge in [0.05, 0.1) is 30.6 Å². The van der Waals surface area contributed by atoms with Crippen molar-refractivity contribution >= 4 is 17.7 Å². The van der Waals surface area contributed by atoms with E-state index in [1.54, 1.807) is 0 Å². The van der Waals surface area contributed by atoms with Crippen molar-refractivity contribution in [3.8, 4) is 5.75 Å². The van der Waals surface area contributed by atoms with E-state index >= 15 is 0 Å². The Morgan fingerprint density at radius 2 is 1.85 bits per heavy atom. The van der Waals surface area contributed by atoms with E-state index in [1.807, 2.05) is 0 Å². The van der Waals surface area contributed by atoms with E-state index in [9.17, 15) is 14.4 Å². The van der Waals surface area contributed by atoms with Gasteiger partial charge in [-0.1, -0.05) is 30.3 Å². The van der Waals surface area contributed by atoms with Crippen molar-refractivity contribution < 1.29 is 43.0 Å². The number of hydrogen-bond acceptors (Lipinski definition) is 6. The minimum Gasteiger partial charge on any atom is -0.489 e. The van der Waals surface area contributed by atoms with Crippen LogP contribution in [0.25, 0.3) is 0 Å². The Labute approximate surface area is 212 Å². The summed E-state index contributed by atoms with van der Waals surface area (Å²) in [5.74, 6) is -2.72. The van der Waals surface area contributed by atoms with Crippen LogP contribution in [0.3, 0.4) is 0 Å². The van der Waals surface area contributed by atoms with Crippen molar-refractivity contribution in [3.05, 3.63) is 64.7 Å². The van der Waals surface area contributed by atoms with Crippen molar-refractivity contribution in [2.45, 2.75) is 38.4 Å². The van der Waals surface area contributed by atoms with Gasteiger partial charge in [-0.2, -0.15) is 0 Å². The van der Waals surface area contributed by atoms with Crippen LogP contribution in [0.4, 0.5) is 0 Å². The molecule has 1 N–H and O–H groups in total. The van der Waals surface area contributed by atoms with Gasteiger partial charge in [-0.3, -0.25) is 24.6 Å². The molecule has 2 fully saturated rings. The molecule has 0 spiro atoms. The molecule has 2 aromatic carbocycles. The highest BCUT2D eigenvalue weighted by atomic mass is 16.5. The average Bonchev–Trinajstić information content (AvgIpc) is 3.12. The lowest BCUT2D eigenvalue weighted by Crippen LogP contribution is -2.52. The maximum Gasteiger partial charge on any atom is 0.255 e. The Morgan fingerprint density at radius 1 is 1.09 bits per heavy atom. The van der Waals surface area contributed by atoms with Crippen LogP contribution in [0.1, 0.15) is 59.1 Å². The second kappa shape index (κ2) is 9.33. The van der Waals surface area contributed by atoms with Gasteiger partial charge in [0.2, 0.25) is 11.8 Å². The van der Waals surface area contributed by atoms with Gasteiger partial charge in [-0.15, -0.1) is 0 Å². The van der Waals surface area contributed by atoms with E-state index in [1.165, 1.54) is 18.2 Å². The predicted molar refractivity (Wildman–Crippen MR) is 119 cm³/mol. The van der Waals surface area contributed by atoms with E-state index in [4.69, 9.17) is 23.9 Å². The van der Waals surface area contributed by atoms with Crippen molar-refractivity contribution in [1.82, 2.24) is 15.1 Å². The molecule has 5 rings (SSSR count). The first-order chi connectivity index (χ1) is 21.3. The lowest BCUT2D eigenvalue weighted by Gasteiger charge is -2.29. The zero-order chi connectivity index (χ0) is 35.3. The summed E-state index contributed by atoms with van der Waals surface area (Å²) in [6.45, 7) is -22.8. The normalized spacial score (nSPS) is 35.9. The zero-order valence-corrected chi connectivity index (χ0v) is 17.0. The molecule has 0 saturated carbocycles. The molecular formula is C25H27N3O5. The molecule has 0 radical (unpaired) electrons. The monoisotopic (exact) mass is 463 g/mol. The summed E-state index contributed by atoms with van der Waals surface area (Å²) in [6, 6.07) is 6.33. The van der Waals surface area contributed by atoms with Crippen LogP contribution in [0, 0.1) is 0 Å². The molecule has 3 amide bonds. The third-order valence-corrected chi connectivity index (χ3v) is 5.05. The smallest absolute Gasteiger partial charge is 0.255 e. The van der Waals surface area contributed by atoms with E-state index in [2.05, 4.69) is 10.1 Å². The van der Waals surface area contributed by atoms with Crippen LogP contribution in [0.15, 0.2) is 42.5 Å². The van der Waals surface area contributed by atoms with Crippen LogP contribution < -0.4 is 10.1 Å². The highest BCUT2D eigenvalue weighted by Crippen LogP contribution is 2.34. The number of carbonyl (C=O) groups is 3. The fourth-order valence-corrected chi connectivity index (χ4v) is 3.46. The molecule has 0 bridgehead atoms. The third kappa shape index (κ3) is 4.62. The number of morpholine rings is 1. The predicted octanol–water partition coefficient (Wildman–Crippen LogP) is 1.86. The van der Waals surface area contributed by atoms with Gasteiger partial charge >= 0.3 is 0 Å². The zero-order valence-electron chi connectivity index (χ0n) is 31.0. The minimum atomic E-state index is -3.55. The standard InChI is InChI=1S/C25H27N3O5/c29-23-9-8-21(24(30)26-23)28-15-20-19(25(28)31)2-1-3-22(20)33-16-18-6-4-17(5-7-18)14-27-10-12-32-13-11-27/h1-7,21H,8-16H2,(H,26,29,30)/t21-/m1/s1/i10D2,11D2,12D2,13D2,14D2,15D2,16D2. The second-order valence-electron chi connectivity index (χ2n) is 7.19. The van der Waals surface area contributed by atoms with E-state index < -0.39 is 80.7 Å². The van der Waals surface area contributed by atoms with Crippen molar-refractivity contribution in [1.29, 1.82) is 0 Å². The van der Waals surface area contributed by atoms with Gasteiger partial charge in [-0.25, -0.2) is 0 Å². The lowest BCUT2D eigenvalue weighted by atomic mass is 10.0. The number of ether oxygens (including phenoxy) is 2. The number of nitrogens with zero attached hydrogens (tertiary/aromatic N) is 2. The SMILES string of the molecule is [2H]C([2H])(Oc1cccc2c1C([2H])([2H])N([C@@H]1CCC(=O)NC1=O)C2=O)c1ccc(C([2H])([2H])N2C([2H])([2H])C([2H])([2H])OC([2H])([2H])C2([2H])[2H])cc1. The van der Waals surface area contributed by atoms with Gasteiger partial charge < -0.3 is 14.4 Å². The maximum atomic E-state index is 13.3. The van der Waals surface area contributed by atoms with E-state index in [0.717, 1.165) is 24.3 Å². The van der Waals surface area contributed by atoms with Gasteiger partial charge in [0.15, 0.2) is 0 Å². The molecule has 2 saturated heterocycles. The molecule has 3 heterocycles. The Hall–Kier alpha value is -3.23. The Balaban J connectivity index is 1.46. The second-order valence-corrected chi connectivity index (χ2v) is 7.19. The Kier molecular flexibility index (Phi) is 3.05. The van der Waals surface area contributed by atoms with Crippen LogP contribution >= 0.6 is 0 Å². The van der Waals surface area contributed by atoms with Gasteiger partial charge in [0, 0.05) is 45.3 Å². The quantitative estimate of drug-likeness (QED) is 0.658. The largest absolute Gasteiger partial charge is 0.489 e.